The number of carbonyl (C=O) groups is 3. The highest BCUT2D eigenvalue weighted by atomic mass is 16.4. The van der Waals surface area contributed by atoms with Gasteiger partial charge in [0, 0.05) is 32.6 Å². The summed E-state index contributed by atoms with van der Waals surface area (Å²) in [5.74, 6) is -1.71. The van der Waals surface area contributed by atoms with Crippen LogP contribution in [0.4, 0.5) is 0 Å². The third kappa shape index (κ3) is 3.83. The maximum absolute atomic E-state index is 12.4. The minimum absolute atomic E-state index is 0.00248. The molecule has 1 N–H and O–H groups in total. The van der Waals surface area contributed by atoms with Gasteiger partial charge in [-0.15, -0.1) is 0 Å². The summed E-state index contributed by atoms with van der Waals surface area (Å²) in [5, 5.41) is 9.02. The lowest BCUT2D eigenvalue weighted by atomic mass is 10.1. The Hall–Kier alpha value is -1.63. The minimum Gasteiger partial charge on any atom is -0.480 e. The van der Waals surface area contributed by atoms with Crippen molar-refractivity contribution in [2.45, 2.75) is 45.2 Å². The maximum Gasteiger partial charge on any atom is 0.326 e. The zero-order chi connectivity index (χ0) is 17.1. The van der Waals surface area contributed by atoms with E-state index in [0.29, 0.717) is 19.1 Å². The Morgan fingerprint density at radius 1 is 1.43 bits per heavy atom. The molecule has 2 aliphatic heterocycles. The molecule has 7 nitrogen and oxygen atoms in total. The van der Waals surface area contributed by atoms with Gasteiger partial charge in [-0.1, -0.05) is 6.92 Å². The van der Waals surface area contributed by atoms with Crippen molar-refractivity contribution < 1.29 is 19.5 Å². The predicted molar refractivity (Wildman–Crippen MR) is 84.8 cm³/mol. The van der Waals surface area contributed by atoms with Gasteiger partial charge >= 0.3 is 5.97 Å². The second-order valence-corrected chi connectivity index (χ2v) is 6.59. The SMILES string of the molecule is CCN1CCC[C@@H]1CN1C[C@@H](C(=O)N(C)[C@@H](C)C(=O)O)CC1=O. The fourth-order valence-corrected chi connectivity index (χ4v) is 3.53. The Kier molecular flexibility index (Phi) is 5.62. The van der Waals surface area contributed by atoms with Crippen molar-refractivity contribution in [1.29, 1.82) is 0 Å². The number of rotatable bonds is 6. The number of carbonyl (C=O) groups excluding carboxylic acids is 2. The Balaban J connectivity index is 1.94. The summed E-state index contributed by atoms with van der Waals surface area (Å²) in [6, 6.07) is -0.495. The summed E-state index contributed by atoms with van der Waals surface area (Å²) >= 11 is 0. The number of carboxylic acids is 1. The average Bonchev–Trinajstić information content (AvgIpc) is 3.12. The van der Waals surface area contributed by atoms with E-state index in [1.807, 2.05) is 0 Å². The zero-order valence-electron chi connectivity index (χ0n) is 14.2. The lowest BCUT2D eigenvalue weighted by Crippen LogP contribution is -2.44. The first-order chi connectivity index (χ1) is 10.8. The summed E-state index contributed by atoms with van der Waals surface area (Å²) in [7, 11) is 1.49. The van der Waals surface area contributed by atoms with Gasteiger partial charge in [0.1, 0.15) is 6.04 Å². The quantitative estimate of drug-likeness (QED) is 0.757. The number of likely N-dealkylation sites (tertiary alicyclic amines) is 2. The number of carboxylic acid groups (broad SMARTS) is 1. The van der Waals surface area contributed by atoms with Gasteiger partial charge in [-0.2, -0.15) is 0 Å². The van der Waals surface area contributed by atoms with Crippen LogP contribution in [0.3, 0.4) is 0 Å². The molecule has 7 heteroatoms. The molecular formula is C16H27N3O4. The van der Waals surface area contributed by atoms with E-state index in [9.17, 15) is 14.4 Å². The molecule has 0 unspecified atom stereocenters. The van der Waals surface area contributed by atoms with E-state index in [0.717, 1.165) is 25.9 Å². The van der Waals surface area contributed by atoms with Gasteiger partial charge in [0.15, 0.2) is 0 Å². The summed E-state index contributed by atoms with van der Waals surface area (Å²) < 4.78 is 0. The van der Waals surface area contributed by atoms with E-state index in [2.05, 4.69) is 11.8 Å². The van der Waals surface area contributed by atoms with Crippen LogP contribution in [0.15, 0.2) is 0 Å². The molecule has 2 heterocycles. The molecule has 0 aromatic rings. The van der Waals surface area contributed by atoms with Crippen LogP contribution in [0.2, 0.25) is 0 Å². The van der Waals surface area contributed by atoms with Gasteiger partial charge in [-0.05, 0) is 32.9 Å². The van der Waals surface area contributed by atoms with Gasteiger partial charge < -0.3 is 14.9 Å². The predicted octanol–water partition coefficient (Wildman–Crippen LogP) is 0.251. The molecule has 2 rings (SSSR count). The minimum atomic E-state index is -1.04. The van der Waals surface area contributed by atoms with Crippen LogP contribution < -0.4 is 0 Å². The van der Waals surface area contributed by atoms with E-state index >= 15 is 0 Å². The van der Waals surface area contributed by atoms with Crippen LogP contribution in [0, 0.1) is 5.92 Å². The fourth-order valence-electron chi connectivity index (χ4n) is 3.53. The molecule has 2 saturated heterocycles. The van der Waals surface area contributed by atoms with Crippen molar-refractivity contribution in [2.75, 3.05) is 33.2 Å². The molecule has 0 saturated carbocycles. The lowest BCUT2D eigenvalue weighted by Gasteiger charge is -2.28. The van der Waals surface area contributed by atoms with Crippen molar-refractivity contribution in [3.05, 3.63) is 0 Å². The molecule has 23 heavy (non-hydrogen) atoms. The van der Waals surface area contributed by atoms with Crippen LogP contribution in [-0.4, -0.2) is 82.9 Å². The van der Waals surface area contributed by atoms with E-state index in [4.69, 9.17) is 5.11 Å². The second-order valence-electron chi connectivity index (χ2n) is 6.59. The zero-order valence-corrected chi connectivity index (χ0v) is 14.2. The van der Waals surface area contributed by atoms with Gasteiger partial charge in [-0.3, -0.25) is 14.5 Å². The highest BCUT2D eigenvalue weighted by Gasteiger charge is 2.39. The second kappa shape index (κ2) is 7.29. The topological polar surface area (TPSA) is 81.2 Å². The van der Waals surface area contributed by atoms with Crippen molar-refractivity contribution in [1.82, 2.24) is 14.7 Å². The first-order valence-electron chi connectivity index (χ1n) is 8.36. The van der Waals surface area contributed by atoms with Crippen LogP contribution >= 0.6 is 0 Å². The molecule has 2 aliphatic rings. The number of aliphatic carboxylic acids is 1. The Morgan fingerprint density at radius 2 is 2.13 bits per heavy atom. The first kappa shape index (κ1) is 17.7. The normalized spacial score (nSPS) is 26.6. The average molecular weight is 325 g/mol. The standard InChI is InChI=1S/C16H27N3O4/c1-4-18-7-5-6-13(18)10-19-9-12(8-14(19)20)15(21)17(3)11(2)16(22)23/h11-13H,4-10H2,1-3H3,(H,22,23)/t11-,12-,13+/m0/s1. The number of likely N-dealkylation sites (N-methyl/N-ethyl adjacent to an activating group) is 2. The van der Waals surface area contributed by atoms with Crippen LogP contribution in [0.1, 0.15) is 33.1 Å². The van der Waals surface area contributed by atoms with Crippen molar-refractivity contribution in [3.63, 3.8) is 0 Å². The monoisotopic (exact) mass is 325 g/mol. The highest BCUT2D eigenvalue weighted by molar-refractivity contribution is 5.91. The molecule has 2 fully saturated rings. The van der Waals surface area contributed by atoms with E-state index in [-0.39, 0.29) is 18.2 Å². The molecule has 0 spiro atoms. The molecular weight excluding hydrogens is 298 g/mol. The highest BCUT2D eigenvalue weighted by Crippen LogP contribution is 2.24. The smallest absolute Gasteiger partial charge is 0.326 e. The molecule has 0 bridgehead atoms. The largest absolute Gasteiger partial charge is 0.480 e. The maximum atomic E-state index is 12.4. The van der Waals surface area contributed by atoms with Gasteiger partial charge in [-0.25, -0.2) is 4.79 Å². The molecule has 0 aromatic heterocycles. The van der Waals surface area contributed by atoms with E-state index in [1.54, 1.807) is 4.90 Å². The van der Waals surface area contributed by atoms with Gasteiger partial charge in [0.2, 0.25) is 11.8 Å². The fraction of sp³-hybridized carbons (Fsp3) is 0.812. The third-order valence-corrected chi connectivity index (χ3v) is 5.19. The summed E-state index contributed by atoms with van der Waals surface area (Å²) in [6.07, 6.45) is 2.43. The van der Waals surface area contributed by atoms with Crippen molar-refractivity contribution >= 4 is 17.8 Å². The first-order valence-corrected chi connectivity index (χ1v) is 8.36. The van der Waals surface area contributed by atoms with Crippen LogP contribution in [0.5, 0.6) is 0 Å². The van der Waals surface area contributed by atoms with Crippen LogP contribution in [0.25, 0.3) is 0 Å². The number of amides is 2. The summed E-state index contributed by atoms with van der Waals surface area (Å²) in [4.78, 5) is 41.0. The van der Waals surface area contributed by atoms with E-state index < -0.39 is 17.9 Å². The Bertz CT molecular complexity index is 482. The van der Waals surface area contributed by atoms with Gasteiger partial charge in [0.25, 0.3) is 0 Å². The van der Waals surface area contributed by atoms with Crippen molar-refractivity contribution in [2.24, 2.45) is 5.92 Å². The third-order valence-electron chi connectivity index (χ3n) is 5.19. The molecule has 0 aromatic carbocycles. The molecule has 0 radical (unpaired) electrons. The van der Waals surface area contributed by atoms with Crippen molar-refractivity contribution in [3.8, 4) is 0 Å². The van der Waals surface area contributed by atoms with E-state index in [1.165, 1.54) is 18.9 Å². The Labute approximate surface area is 137 Å². The Morgan fingerprint density at radius 3 is 2.74 bits per heavy atom. The lowest BCUT2D eigenvalue weighted by molar-refractivity contribution is -0.149. The molecule has 3 atom stereocenters. The number of hydrogen-bond acceptors (Lipinski definition) is 4. The molecule has 130 valence electrons. The summed E-state index contributed by atoms with van der Waals surface area (Å²) in [6.45, 7) is 6.74. The molecule has 0 aliphatic carbocycles. The number of nitrogens with zero attached hydrogens (tertiary/aromatic N) is 3. The molecule has 2 amide bonds. The number of hydrogen-bond donors (Lipinski definition) is 1. The van der Waals surface area contributed by atoms with Crippen LogP contribution in [-0.2, 0) is 14.4 Å². The van der Waals surface area contributed by atoms with Gasteiger partial charge in [0.05, 0.1) is 5.92 Å². The summed E-state index contributed by atoms with van der Waals surface area (Å²) in [5.41, 5.74) is 0.